The molecule has 0 aliphatic carbocycles. The van der Waals surface area contributed by atoms with Crippen LogP contribution in [0.4, 0.5) is 5.69 Å². The summed E-state index contributed by atoms with van der Waals surface area (Å²) < 4.78 is 25.2. The average molecular weight is 438 g/mol. The van der Waals surface area contributed by atoms with Crippen LogP contribution < -0.4 is 20.0 Å². The van der Waals surface area contributed by atoms with Gasteiger partial charge in [-0.05, 0) is 17.7 Å². The number of ether oxygens (including phenoxy) is 4. The third-order valence-corrected chi connectivity index (χ3v) is 3.92. The number of esters is 1. The van der Waals surface area contributed by atoms with Gasteiger partial charge in [-0.2, -0.15) is 0 Å². The van der Waals surface area contributed by atoms with Crippen LogP contribution in [-0.2, 0) is 16.0 Å². The number of rotatable bonds is 9. The smallest absolute Gasteiger partial charge is 0.381 e. The maximum atomic E-state index is 12.3. The van der Waals surface area contributed by atoms with E-state index in [1.165, 1.54) is 20.3 Å². The Bertz CT molecular complexity index is 816. The van der Waals surface area contributed by atoms with Gasteiger partial charge in [0, 0.05) is 26.3 Å². The number of anilines is 1. The fourth-order valence-corrected chi connectivity index (χ4v) is 2.53. The van der Waals surface area contributed by atoms with Crippen molar-refractivity contribution in [2.45, 2.75) is 34.2 Å². The summed E-state index contributed by atoms with van der Waals surface area (Å²) in [6, 6.07) is 8.96. The lowest BCUT2D eigenvalue weighted by Gasteiger charge is -2.26. The predicted octanol–water partition coefficient (Wildman–Crippen LogP) is 4.15. The lowest BCUT2D eigenvalue weighted by Crippen LogP contribution is -2.29. The molecule has 31 heavy (non-hydrogen) atoms. The van der Waals surface area contributed by atoms with Gasteiger partial charge >= 0.3 is 11.6 Å². The minimum atomic E-state index is -0.757. The maximum Gasteiger partial charge on any atom is 0.381 e. The van der Waals surface area contributed by atoms with E-state index < -0.39 is 11.6 Å². The number of nitrogens with zero attached hydrogens (tertiary/aromatic N) is 1. The summed E-state index contributed by atoms with van der Waals surface area (Å²) in [7, 11) is 5.77. The minimum Gasteiger partial charge on any atom is -0.497 e. The molecule has 1 aromatic heterocycles. The molecule has 0 aliphatic heterocycles. The molecule has 8 heteroatoms. The highest BCUT2D eigenvalue weighted by Crippen LogP contribution is 2.28. The van der Waals surface area contributed by atoms with Crippen LogP contribution >= 0.6 is 0 Å². The van der Waals surface area contributed by atoms with Crippen molar-refractivity contribution in [1.29, 1.82) is 0 Å². The van der Waals surface area contributed by atoms with Crippen LogP contribution in [0.3, 0.4) is 0 Å². The topological polar surface area (TPSA) is 87.4 Å². The molecular formula is C23H35NO7. The molecule has 0 amide bonds. The van der Waals surface area contributed by atoms with Crippen LogP contribution in [0.5, 0.6) is 11.5 Å². The molecule has 2 aromatic rings. The summed E-state index contributed by atoms with van der Waals surface area (Å²) in [5.41, 5.74) is 0.636. The second-order valence-electron chi connectivity index (χ2n) is 5.57. The van der Waals surface area contributed by atoms with E-state index >= 15 is 0 Å². The Morgan fingerprint density at radius 3 is 2.06 bits per heavy atom. The third-order valence-electron chi connectivity index (χ3n) is 3.92. The highest BCUT2D eigenvalue weighted by molar-refractivity contribution is 5.87. The van der Waals surface area contributed by atoms with E-state index in [2.05, 4.69) is 4.74 Å². The van der Waals surface area contributed by atoms with E-state index in [0.29, 0.717) is 25.4 Å². The molecule has 0 N–H and O–H groups in total. The lowest BCUT2D eigenvalue weighted by atomic mass is 10.2. The highest BCUT2D eigenvalue weighted by Gasteiger charge is 2.22. The maximum absolute atomic E-state index is 12.3. The van der Waals surface area contributed by atoms with Crippen LogP contribution in [0.15, 0.2) is 39.5 Å². The number of methoxy groups -OCH3 is 4. The summed E-state index contributed by atoms with van der Waals surface area (Å²) in [4.78, 5) is 26.0. The van der Waals surface area contributed by atoms with Gasteiger partial charge in [0.2, 0.25) is 11.5 Å². The van der Waals surface area contributed by atoms with Crippen molar-refractivity contribution in [3.05, 3.63) is 52.1 Å². The fraction of sp³-hybridized carbons (Fsp3) is 0.478. The van der Waals surface area contributed by atoms with Gasteiger partial charge in [0.05, 0.1) is 33.6 Å². The van der Waals surface area contributed by atoms with Gasteiger partial charge in [-0.15, -0.1) is 0 Å². The van der Waals surface area contributed by atoms with Crippen molar-refractivity contribution in [1.82, 2.24) is 0 Å². The number of carbonyl (C=O) groups is 1. The quantitative estimate of drug-likeness (QED) is 0.541. The third kappa shape index (κ3) is 8.33. The zero-order chi connectivity index (χ0) is 23.8. The molecule has 1 heterocycles. The first-order valence-corrected chi connectivity index (χ1v) is 10.2. The van der Waals surface area contributed by atoms with Gasteiger partial charge in [-0.1, -0.05) is 39.8 Å². The van der Waals surface area contributed by atoms with E-state index in [9.17, 15) is 9.59 Å². The number of benzene rings is 1. The Labute approximate surface area is 184 Å². The summed E-state index contributed by atoms with van der Waals surface area (Å²) in [5, 5.41) is 0. The van der Waals surface area contributed by atoms with Gasteiger partial charge in [0.15, 0.2) is 0 Å². The molecular weight excluding hydrogens is 402 g/mol. The molecule has 0 unspecified atom stereocenters. The van der Waals surface area contributed by atoms with Crippen molar-refractivity contribution in [2.24, 2.45) is 0 Å². The van der Waals surface area contributed by atoms with E-state index in [-0.39, 0.29) is 11.5 Å². The Morgan fingerprint density at radius 2 is 1.58 bits per heavy atom. The SMILES string of the molecule is CC.CC.COCCN(Cc1ccc(OC)cc1)c1cc(C(=O)OC)oc(=O)c1OC. The Morgan fingerprint density at radius 1 is 0.968 bits per heavy atom. The first-order chi connectivity index (χ1) is 15.0. The summed E-state index contributed by atoms with van der Waals surface area (Å²) >= 11 is 0. The van der Waals surface area contributed by atoms with Crippen LogP contribution in [0, 0.1) is 0 Å². The molecule has 0 saturated heterocycles. The molecule has 174 valence electrons. The molecule has 1 aromatic carbocycles. The Balaban J connectivity index is 0.00000212. The largest absolute Gasteiger partial charge is 0.497 e. The van der Waals surface area contributed by atoms with Crippen LogP contribution in [-0.4, -0.2) is 47.6 Å². The van der Waals surface area contributed by atoms with Gasteiger partial charge in [-0.3, -0.25) is 0 Å². The van der Waals surface area contributed by atoms with Gasteiger partial charge in [0.25, 0.3) is 0 Å². The molecule has 8 nitrogen and oxygen atoms in total. The predicted molar refractivity (Wildman–Crippen MR) is 121 cm³/mol. The van der Waals surface area contributed by atoms with Crippen LogP contribution in [0.2, 0.25) is 0 Å². The number of hydrogen-bond acceptors (Lipinski definition) is 8. The van der Waals surface area contributed by atoms with Gasteiger partial charge in [0.1, 0.15) is 5.75 Å². The van der Waals surface area contributed by atoms with Crippen molar-refractivity contribution in [3.63, 3.8) is 0 Å². The van der Waals surface area contributed by atoms with Gasteiger partial charge in [-0.25, -0.2) is 9.59 Å². The zero-order valence-corrected chi connectivity index (χ0v) is 19.8. The van der Waals surface area contributed by atoms with Crippen LogP contribution in [0.25, 0.3) is 0 Å². The standard InChI is InChI=1S/C19H23NO7.2C2H6/c1-23-10-9-20(12-13-5-7-14(24-2)8-6-13)15-11-16(18(21)26-4)27-19(22)17(15)25-3;2*1-2/h5-8,11H,9-10,12H2,1-4H3;2*1-2H3. The molecule has 0 atom stereocenters. The molecule has 0 saturated carbocycles. The monoisotopic (exact) mass is 437 g/mol. The van der Waals surface area contributed by atoms with Crippen molar-refractivity contribution in [3.8, 4) is 11.5 Å². The van der Waals surface area contributed by atoms with E-state index in [0.717, 1.165) is 11.3 Å². The molecule has 0 radical (unpaired) electrons. The summed E-state index contributed by atoms with van der Waals surface area (Å²) in [6.45, 7) is 9.32. The Hall–Kier alpha value is -3.00. The Kier molecular flexibility index (Phi) is 14.3. The van der Waals surface area contributed by atoms with Gasteiger partial charge < -0.3 is 28.3 Å². The summed E-state index contributed by atoms with van der Waals surface area (Å²) in [5.74, 6) is -0.192. The fourth-order valence-electron chi connectivity index (χ4n) is 2.53. The number of hydrogen-bond donors (Lipinski definition) is 0. The van der Waals surface area contributed by atoms with E-state index in [1.54, 1.807) is 14.2 Å². The van der Waals surface area contributed by atoms with Crippen molar-refractivity contribution < 1.29 is 28.2 Å². The second kappa shape index (κ2) is 15.8. The molecule has 0 spiro atoms. The molecule has 2 rings (SSSR count). The molecule has 0 fully saturated rings. The first kappa shape index (κ1) is 28.0. The van der Waals surface area contributed by atoms with E-state index in [4.69, 9.17) is 18.6 Å². The van der Waals surface area contributed by atoms with Crippen molar-refractivity contribution >= 4 is 11.7 Å². The summed E-state index contributed by atoms with van der Waals surface area (Å²) in [6.07, 6.45) is 0. The van der Waals surface area contributed by atoms with Crippen LogP contribution in [0.1, 0.15) is 43.8 Å². The highest BCUT2D eigenvalue weighted by atomic mass is 16.5. The normalized spacial score (nSPS) is 9.42. The molecule has 0 bridgehead atoms. The van der Waals surface area contributed by atoms with E-state index in [1.807, 2.05) is 56.9 Å². The lowest BCUT2D eigenvalue weighted by molar-refractivity contribution is 0.0559. The second-order valence-corrected chi connectivity index (χ2v) is 5.57. The molecule has 0 aliphatic rings. The van der Waals surface area contributed by atoms with Crippen molar-refractivity contribution in [2.75, 3.05) is 46.5 Å². The average Bonchev–Trinajstić information content (AvgIpc) is 2.83. The zero-order valence-electron chi connectivity index (χ0n) is 19.8. The minimum absolute atomic E-state index is 0.00673. The first-order valence-electron chi connectivity index (χ1n) is 10.2. The number of carbonyl (C=O) groups excluding carboxylic acids is 1.